The average molecular weight is 198 g/mol. The number of pyridine rings is 1. The van der Waals surface area contributed by atoms with Crippen LogP contribution in [0.25, 0.3) is 6.08 Å². The predicted octanol–water partition coefficient (Wildman–Crippen LogP) is 1.96. The van der Waals surface area contributed by atoms with Crippen molar-refractivity contribution in [3.63, 3.8) is 0 Å². The van der Waals surface area contributed by atoms with Gasteiger partial charge in [-0.25, -0.2) is 9.78 Å². The van der Waals surface area contributed by atoms with Gasteiger partial charge in [-0.3, -0.25) is 0 Å². The number of aromatic nitrogens is 1. The van der Waals surface area contributed by atoms with Crippen molar-refractivity contribution in [3.05, 3.63) is 47.8 Å². The first-order valence-electron chi connectivity index (χ1n) is 4.64. The zero-order valence-electron chi connectivity index (χ0n) is 8.16. The van der Waals surface area contributed by atoms with E-state index in [4.69, 9.17) is 0 Å². The Morgan fingerprint density at radius 2 is 2.33 bits per heavy atom. The van der Waals surface area contributed by atoms with Gasteiger partial charge in [-0.15, -0.1) is 6.58 Å². The van der Waals surface area contributed by atoms with E-state index < -0.39 is 0 Å². The first-order chi connectivity index (χ1) is 7.33. The highest BCUT2D eigenvalue weighted by Crippen LogP contribution is 2.21. The minimum atomic E-state index is 0.408. The first kappa shape index (κ1) is 9.44. The van der Waals surface area contributed by atoms with Crippen molar-refractivity contribution in [2.45, 2.75) is 6.42 Å². The van der Waals surface area contributed by atoms with Crippen molar-refractivity contribution in [3.8, 4) is 0 Å². The van der Waals surface area contributed by atoms with Crippen LogP contribution in [0.3, 0.4) is 0 Å². The lowest BCUT2D eigenvalue weighted by Crippen LogP contribution is -2.06. The highest BCUT2D eigenvalue weighted by molar-refractivity contribution is 5.78. The van der Waals surface area contributed by atoms with Gasteiger partial charge in [0.15, 0.2) is 5.94 Å². The molecule has 0 amide bonds. The summed E-state index contributed by atoms with van der Waals surface area (Å²) in [6.07, 6.45) is 6.05. The summed E-state index contributed by atoms with van der Waals surface area (Å²) in [6.45, 7) is 3.66. The maximum Gasteiger partial charge on any atom is 0.150 e. The number of allylic oxidation sites excluding steroid dienone is 2. The number of fused-ring (bicyclic) bond motifs is 1. The van der Waals surface area contributed by atoms with E-state index in [0.29, 0.717) is 11.5 Å². The van der Waals surface area contributed by atoms with Gasteiger partial charge in [0, 0.05) is 17.7 Å². The van der Waals surface area contributed by atoms with E-state index in [2.05, 4.69) is 16.9 Å². The molecule has 0 aliphatic carbocycles. The monoisotopic (exact) mass is 198 g/mol. The van der Waals surface area contributed by atoms with Crippen molar-refractivity contribution in [2.75, 3.05) is 5.32 Å². The first-order valence-corrected chi connectivity index (χ1v) is 4.64. The molecule has 0 spiro atoms. The van der Waals surface area contributed by atoms with Crippen LogP contribution < -0.4 is 5.32 Å². The number of hydrogen-bond acceptors (Lipinski definition) is 3. The molecule has 1 aliphatic heterocycles. The smallest absolute Gasteiger partial charge is 0.150 e. The van der Waals surface area contributed by atoms with Gasteiger partial charge in [0.25, 0.3) is 0 Å². The van der Waals surface area contributed by atoms with E-state index in [9.17, 15) is 4.79 Å². The lowest BCUT2D eigenvalue weighted by atomic mass is 10.1. The van der Waals surface area contributed by atoms with E-state index in [0.717, 1.165) is 17.7 Å². The van der Waals surface area contributed by atoms with E-state index in [-0.39, 0.29) is 0 Å². The molecular formula is C12H10N2O. The topological polar surface area (TPSA) is 42.0 Å². The maximum absolute atomic E-state index is 10.5. The molecule has 1 N–H and O–H groups in total. The summed E-state index contributed by atoms with van der Waals surface area (Å²) in [6, 6.07) is 3.91. The second kappa shape index (κ2) is 3.95. The molecule has 2 heterocycles. The van der Waals surface area contributed by atoms with Gasteiger partial charge in [-0.2, -0.15) is 0 Å². The summed E-state index contributed by atoms with van der Waals surface area (Å²) < 4.78 is 0. The number of nitrogens with one attached hydrogen (secondary N) is 1. The second-order valence-electron chi connectivity index (χ2n) is 3.21. The van der Waals surface area contributed by atoms with E-state index in [1.807, 2.05) is 18.2 Å². The molecule has 0 saturated carbocycles. The van der Waals surface area contributed by atoms with Gasteiger partial charge in [0.2, 0.25) is 0 Å². The molecule has 15 heavy (non-hydrogen) atoms. The van der Waals surface area contributed by atoms with Gasteiger partial charge in [0.05, 0.1) is 0 Å². The quantitative estimate of drug-likeness (QED) is 0.583. The van der Waals surface area contributed by atoms with Crippen molar-refractivity contribution < 1.29 is 4.79 Å². The Hall–Kier alpha value is -2.12. The fourth-order valence-corrected chi connectivity index (χ4v) is 1.41. The number of rotatable bonds is 2. The van der Waals surface area contributed by atoms with E-state index in [1.54, 1.807) is 18.1 Å². The summed E-state index contributed by atoms with van der Waals surface area (Å²) in [4.78, 5) is 14.8. The summed E-state index contributed by atoms with van der Waals surface area (Å²) in [7, 11) is 0. The van der Waals surface area contributed by atoms with Crippen LogP contribution in [0.1, 0.15) is 11.3 Å². The third-order valence-corrected chi connectivity index (χ3v) is 2.13. The molecule has 0 aromatic carbocycles. The van der Waals surface area contributed by atoms with Crippen LogP contribution in [0.4, 0.5) is 5.82 Å². The molecule has 0 atom stereocenters. The summed E-state index contributed by atoms with van der Waals surface area (Å²) in [5, 5.41) is 2.91. The molecule has 0 saturated heterocycles. The SMILES string of the molecule is C=CCc1ccc2c(n1)NC(=C=O)C=C2. The number of nitrogens with zero attached hydrogens (tertiary/aromatic N) is 1. The van der Waals surface area contributed by atoms with Crippen molar-refractivity contribution >= 4 is 17.8 Å². The Labute approximate surface area is 87.8 Å². The molecule has 2 rings (SSSR count). The average Bonchev–Trinajstić information content (AvgIpc) is 2.28. The Balaban J connectivity index is 2.41. The fraction of sp³-hybridized carbons (Fsp3) is 0.0833. The van der Waals surface area contributed by atoms with Crippen LogP contribution in [0.5, 0.6) is 0 Å². The van der Waals surface area contributed by atoms with Gasteiger partial charge < -0.3 is 5.32 Å². The van der Waals surface area contributed by atoms with Gasteiger partial charge >= 0.3 is 0 Å². The third-order valence-electron chi connectivity index (χ3n) is 2.13. The maximum atomic E-state index is 10.5. The molecule has 0 fully saturated rings. The number of anilines is 1. The Bertz CT molecular complexity index is 482. The molecular weight excluding hydrogens is 188 g/mol. The highest BCUT2D eigenvalue weighted by Gasteiger charge is 2.09. The third kappa shape index (κ3) is 1.87. The van der Waals surface area contributed by atoms with Crippen LogP contribution in [0, 0.1) is 0 Å². The van der Waals surface area contributed by atoms with Crippen molar-refractivity contribution in [1.29, 1.82) is 0 Å². The van der Waals surface area contributed by atoms with Gasteiger partial charge in [0.1, 0.15) is 11.5 Å². The highest BCUT2D eigenvalue weighted by atomic mass is 16.1. The van der Waals surface area contributed by atoms with Crippen LogP contribution in [0.2, 0.25) is 0 Å². The summed E-state index contributed by atoms with van der Waals surface area (Å²) >= 11 is 0. The summed E-state index contributed by atoms with van der Waals surface area (Å²) in [5.41, 5.74) is 2.31. The zero-order chi connectivity index (χ0) is 10.7. The summed E-state index contributed by atoms with van der Waals surface area (Å²) in [5.74, 6) is 2.51. The lowest BCUT2D eigenvalue weighted by Gasteiger charge is -2.12. The Morgan fingerprint density at radius 3 is 3.07 bits per heavy atom. The number of hydrogen-bond donors (Lipinski definition) is 1. The van der Waals surface area contributed by atoms with Crippen LogP contribution in [-0.4, -0.2) is 10.9 Å². The molecule has 3 nitrogen and oxygen atoms in total. The molecule has 3 heteroatoms. The predicted molar refractivity (Wildman–Crippen MR) is 60.0 cm³/mol. The molecule has 1 aliphatic rings. The van der Waals surface area contributed by atoms with Gasteiger partial charge in [-0.1, -0.05) is 6.08 Å². The molecule has 74 valence electrons. The zero-order valence-corrected chi connectivity index (χ0v) is 8.16. The fourth-order valence-electron chi connectivity index (χ4n) is 1.41. The largest absolute Gasteiger partial charge is 0.331 e. The Kier molecular flexibility index (Phi) is 2.48. The minimum Gasteiger partial charge on any atom is -0.331 e. The molecule has 1 aromatic rings. The normalized spacial score (nSPS) is 12.7. The van der Waals surface area contributed by atoms with Crippen molar-refractivity contribution in [2.24, 2.45) is 0 Å². The number of carbonyl (C=O) groups excluding carboxylic acids is 1. The van der Waals surface area contributed by atoms with Crippen molar-refractivity contribution in [1.82, 2.24) is 4.98 Å². The molecule has 0 unspecified atom stereocenters. The van der Waals surface area contributed by atoms with E-state index in [1.165, 1.54) is 0 Å². The van der Waals surface area contributed by atoms with Crippen LogP contribution in [0.15, 0.2) is 36.6 Å². The second-order valence-corrected chi connectivity index (χ2v) is 3.21. The Morgan fingerprint density at radius 1 is 1.47 bits per heavy atom. The lowest BCUT2D eigenvalue weighted by molar-refractivity contribution is 0.568. The molecule has 0 radical (unpaired) electrons. The molecule has 1 aromatic heterocycles. The van der Waals surface area contributed by atoms with E-state index >= 15 is 0 Å². The minimum absolute atomic E-state index is 0.408. The van der Waals surface area contributed by atoms with Crippen LogP contribution >= 0.6 is 0 Å². The molecule has 0 bridgehead atoms. The standard InChI is InChI=1S/C12H10N2O/c1-2-3-10-6-4-9-5-7-11(8-15)14-12(9)13-10/h2,4-7H,1,3H2,(H,13,14). The van der Waals surface area contributed by atoms with Crippen LogP contribution in [-0.2, 0) is 11.2 Å². The van der Waals surface area contributed by atoms with Gasteiger partial charge in [-0.05, 0) is 24.3 Å².